The van der Waals surface area contributed by atoms with Gasteiger partial charge in [-0.15, -0.1) is 0 Å². The van der Waals surface area contributed by atoms with Gasteiger partial charge in [-0.3, -0.25) is 9.59 Å². The minimum absolute atomic E-state index is 0.0606. The number of fused-ring (bicyclic) bond motifs is 1. The van der Waals surface area contributed by atoms with E-state index in [4.69, 9.17) is 11.6 Å². The number of benzene rings is 1. The third kappa shape index (κ3) is 2.40. The minimum Gasteiger partial charge on any atom is -0.342 e. The Labute approximate surface area is 123 Å². The van der Waals surface area contributed by atoms with Crippen LogP contribution in [-0.2, 0) is 4.79 Å². The summed E-state index contributed by atoms with van der Waals surface area (Å²) in [5.74, 6) is 1.05. The Kier molecular flexibility index (Phi) is 3.42. The van der Waals surface area contributed by atoms with Gasteiger partial charge in [0, 0.05) is 55.5 Å². The van der Waals surface area contributed by atoms with E-state index in [1.807, 2.05) is 9.80 Å². The fourth-order valence-electron chi connectivity index (χ4n) is 3.19. The molecule has 0 spiro atoms. The first kappa shape index (κ1) is 13.4. The number of nitrogens with zero attached hydrogens (tertiary/aromatic N) is 2. The molecule has 0 radical (unpaired) electrons. The number of rotatable bonds is 1. The molecule has 20 heavy (non-hydrogen) atoms. The van der Waals surface area contributed by atoms with Crippen molar-refractivity contribution in [3.63, 3.8) is 0 Å². The van der Waals surface area contributed by atoms with Gasteiger partial charge in [0.15, 0.2) is 0 Å². The van der Waals surface area contributed by atoms with Crippen LogP contribution < -0.4 is 0 Å². The number of hydrogen-bond acceptors (Lipinski definition) is 2. The molecule has 5 heteroatoms. The van der Waals surface area contributed by atoms with E-state index in [1.54, 1.807) is 31.2 Å². The van der Waals surface area contributed by atoms with E-state index >= 15 is 0 Å². The number of amides is 2. The Morgan fingerprint density at radius 2 is 1.50 bits per heavy atom. The molecule has 2 atom stereocenters. The van der Waals surface area contributed by atoms with Crippen molar-refractivity contribution in [1.29, 1.82) is 0 Å². The highest BCUT2D eigenvalue weighted by atomic mass is 35.5. The fourth-order valence-corrected chi connectivity index (χ4v) is 3.32. The maximum absolute atomic E-state index is 12.4. The van der Waals surface area contributed by atoms with Crippen molar-refractivity contribution in [2.45, 2.75) is 6.92 Å². The van der Waals surface area contributed by atoms with E-state index in [0.717, 1.165) is 26.2 Å². The van der Waals surface area contributed by atoms with Crippen LogP contribution in [0.3, 0.4) is 0 Å². The molecule has 0 aliphatic carbocycles. The van der Waals surface area contributed by atoms with Crippen LogP contribution in [0.2, 0.25) is 5.02 Å². The summed E-state index contributed by atoms with van der Waals surface area (Å²) in [7, 11) is 0. The molecule has 0 N–H and O–H groups in total. The second kappa shape index (κ2) is 5.09. The number of carbonyl (C=O) groups excluding carboxylic acids is 2. The van der Waals surface area contributed by atoms with Crippen LogP contribution in [-0.4, -0.2) is 47.8 Å². The summed E-state index contributed by atoms with van der Waals surface area (Å²) in [6.45, 7) is 4.66. The van der Waals surface area contributed by atoms with Crippen LogP contribution in [0.4, 0.5) is 0 Å². The van der Waals surface area contributed by atoms with E-state index in [2.05, 4.69) is 0 Å². The lowest BCUT2D eigenvalue weighted by atomic mass is 10.0. The molecule has 4 nitrogen and oxygen atoms in total. The second-order valence-electron chi connectivity index (χ2n) is 5.66. The second-order valence-corrected chi connectivity index (χ2v) is 6.10. The molecule has 2 heterocycles. The van der Waals surface area contributed by atoms with Gasteiger partial charge in [-0.2, -0.15) is 0 Å². The molecule has 2 fully saturated rings. The normalized spacial score (nSPS) is 24.9. The fraction of sp³-hybridized carbons (Fsp3) is 0.467. The molecule has 2 saturated heterocycles. The molecule has 0 aromatic heterocycles. The van der Waals surface area contributed by atoms with Crippen LogP contribution in [0.1, 0.15) is 17.3 Å². The molecule has 2 amide bonds. The van der Waals surface area contributed by atoms with Gasteiger partial charge >= 0.3 is 0 Å². The van der Waals surface area contributed by atoms with Gasteiger partial charge in [-0.05, 0) is 24.3 Å². The summed E-state index contributed by atoms with van der Waals surface area (Å²) in [6, 6.07) is 7.01. The van der Waals surface area contributed by atoms with Gasteiger partial charge in [0.1, 0.15) is 0 Å². The first-order chi connectivity index (χ1) is 9.54. The Bertz CT molecular complexity index is 529. The maximum atomic E-state index is 12.4. The van der Waals surface area contributed by atoms with E-state index in [0.29, 0.717) is 22.4 Å². The summed E-state index contributed by atoms with van der Waals surface area (Å²) >= 11 is 5.84. The topological polar surface area (TPSA) is 40.6 Å². The van der Waals surface area contributed by atoms with Crippen molar-refractivity contribution < 1.29 is 9.59 Å². The zero-order chi connectivity index (χ0) is 14.3. The van der Waals surface area contributed by atoms with Crippen molar-refractivity contribution in [3.8, 4) is 0 Å². The standard InChI is InChI=1S/C15H17ClN2O2/c1-10(19)17-6-12-8-18(9-13(12)7-17)15(20)11-2-4-14(16)5-3-11/h2-5,12-13H,6-9H2,1H3/t12-,13+. The Morgan fingerprint density at radius 1 is 1.00 bits per heavy atom. The third-order valence-corrected chi connectivity index (χ3v) is 4.56. The summed E-state index contributed by atoms with van der Waals surface area (Å²) < 4.78 is 0. The molecule has 3 rings (SSSR count). The molecular formula is C15H17ClN2O2. The van der Waals surface area contributed by atoms with Gasteiger partial charge in [0.25, 0.3) is 5.91 Å². The highest BCUT2D eigenvalue weighted by molar-refractivity contribution is 6.30. The van der Waals surface area contributed by atoms with Gasteiger partial charge in [-0.25, -0.2) is 0 Å². The smallest absolute Gasteiger partial charge is 0.253 e. The summed E-state index contributed by atoms with van der Waals surface area (Å²) in [4.78, 5) is 27.6. The van der Waals surface area contributed by atoms with Crippen LogP contribution in [0.25, 0.3) is 0 Å². The lowest BCUT2D eigenvalue weighted by Gasteiger charge is -2.21. The highest BCUT2D eigenvalue weighted by Gasteiger charge is 2.42. The Morgan fingerprint density at radius 3 is 2.00 bits per heavy atom. The van der Waals surface area contributed by atoms with Crippen LogP contribution in [0, 0.1) is 11.8 Å². The number of hydrogen-bond donors (Lipinski definition) is 0. The zero-order valence-electron chi connectivity index (χ0n) is 11.4. The Balaban J connectivity index is 1.66. The molecule has 106 valence electrons. The first-order valence-corrected chi connectivity index (χ1v) is 7.23. The highest BCUT2D eigenvalue weighted by Crippen LogP contribution is 2.31. The molecular weight excluding hydrogens is 276 g/mol. The van der Waals surface area contributed by atoms with Gasteiger partial charge in [0.2, 0.25) is 5.91 Å². The van der Waals surface area contributed by atoms with Crippen molar-refractivity contribution >= 4 is 23.4 Å². The monoisotopic (exact) mass is 292 g/mol. The molecule has 2 aliphatic rings. The van der Waals surface area contributed by atoms with Crippen LogP contribution in [0.5, 0.6) is 0 Å². The molecule has 0 bridgehead atoms. The van der Waals surface area contributed by atoms with Gasteiger partial charge in [-0.1, -0.05) is 11.6 Å². The lowest BCUT2D eigenvalue weighted by Crippen LogP contribution is -2.34. The van der Waals surface area contributed by atoms with E-state index in [9.17, 15) is 9.59 Å². The molecule has 0 saturated carbocycles. The summed E-state index contributed by atoms with van der Waals surface area (Å²) in [5.41, 5.74) is 0.679. The third-order valence-electron chi connectivity index (χ3n) is 4.31. The summed E-state index contributed by atoms with van der Waals surface area (Å²) in [5, 5.41) is 0.636. The number of halogens is 1. The van der Waals surface area contributed by atoms with Crippen LogP contribution >= 0.6 is 11.6 Å². The maximum Gasteiger partial charge on any atom is 0.253 e. The largest absolute Gasteiger partial charge is 0.342 e. The van der Waals surface area contributed by atoms with Crippen molar-refractivity contribution in [2.24, 2.45) is 11.8 Å². The lowest BCUT2D eigenvalue weighted by molar-refractivity contribution is -0.128. The average Bonchev–Trinajstić information content (AvgIpc) is 2.96. The van der Waals surface area contributed by atoms with Crippen molar-refractivity contribution in [1.82, 2.24) is 9.80 Å². The van der Waals surface area contributed by atoms with E-state index in [1.165, 1.54) is 0 Å². The quantitative estimate of drug-likeness (QED) is 0.793. The SMILES string of the molecule is CC(=O)N1C[C@@H]2CN(C(=O)c3ccc(Cl)cc3)C[C@@H]2C1. The van der Waals surface area contributed by atoms with Crippen molar-refractivity contribution in [2.75, 3.05) is 26.2 Å². The minimum atomic E-state index is 0.0606. The van der Waals surface area contributed by atoms with Gasteiger partial charge in [0.05, 0.1) is 0 Å². The van der Waals surface area contributed by atoms with Gasteiger partial charge < -0.3 is 9.80 Å². The van der Waals surface area contributed by atoms with E-state index < -0.39 is 0 Å². The Hall–Kier alpha value is -1.55. The molecule has 0 unspecified atom stereocenters. The average molecular weight is 293 g/mol. The molecule has 1 aromatic carbocycles. The number of carbonyl (C=O) groups is 2. The number of likely N-dealkylation sites (tertiary alicyclic amines) is 2. The first-order valence-electron chi connectivity index (χ1n) is 6.85. The van der Waals surface area contributed by atoms with Crippen molar-refractivity contribution in [3.05, 3.63) is 34.9 Å². The molecule has 2 aliphatic heterocycles. The predicted molar refractivity (Wildman–Crippen MR) is 76.6 cm³/mol. The van der Waals surface area contributed by atoms with E-state index in [-0.39, 0.29) is 11.8 Å². The zero-order valence-corrected chi connectivity index (χ0v) is 12.1. The molecule has 1 aromatic rings. The summed E-state index contributed by atoms with van der Waals surface area (Å²) in [6.07, 6.45) is 0. The van der Waals surface area contributed by atoms with Crippen LogP contribution in [0.15, 0.2) is 24.3 Å². The predicted octanol–water partition coefficient (Wildman–Crippen LogP) is 1.89.